The molecule has 3 heterocycles. The Balaban J connectivity index is 1.45. The van der Waals surface area contributed by atoms with Crippen molar-refractivity contribution in [2.75, 3.05) is 44.9 Å². The zero-order chi connectivity index (χ0) is 20.4. The van der Waals surface area contributed by atoms with Crippen molar-refractivity contribution < 1.29 is 27.4 Å². The number of ether oxygens (including phenoxy) is 3. The van der Waals surface area contributed by atoms with Crippen LogP contribution in [0.3, 0.4) is 0 Å². The fourth-order valence-electron chi connectivity index (χ4n) is 4.19. The molecule has 29 heavy (non-hydrogen) atoms. The Kier molecular flexibility index (Phi) is 5.69. The maximum atomic E-state index is 12.5. The highest BCUT2D eigenvalue weighted by atomic mass is 32.2. The van der Waals surface area contributed by atoms with E-state index in [2.05, 4.69) is 10.2 Å². The first-order chi connectivity index (χ1) is 13.9. The van der Waals surface area contributed by atoms with Gasteiger partial charge in [-0.2, -0.15) is 0 Å². The van der Waals surface area contributed by atoms with Crippen LogP contribution in [-0.4, -0.2) is 76.2 Å². The first kappa shape index (κ1) is 20.0. The summed E-state index contributed by atoms with van der Waals surface area (Å²) >= 11 is 0. The number of sulfone groups is 1. The first-order valence-corrected chi connectivity index (χ1v) is 11.7. The van der Waals surface area contributed by atoms with E-state index in [4.69, 9.17) is 14.2 Å². The molecule has 0 radical (unpaired) electrons. The lowest BCUT2D eigenvalue weighted by Crippen LogP contribution is -2.49. The Morgan fingerprint density at radius 2 is 1.97 bits per heavy atom. The molecule has 8 nitrogen and oxygen atoms in total. The van der Waals surface area contributed by atoms with Crippen LogP contribution in [-0.2, 0) is 14.6 Å². The highest BCUT2D eigenvalue weighted by molar-refractivity contribution is 7.91. The minimum absolute atomic E-state index is 0.00834. The quantitative estimate of drug-likeness (QED) is 0.704. The lowest BCUT2D eigenvalue weighted by Gasteiger charge is -2.28. The molecule has 158 valence electrons. The van der Waals surface area contributed by atoms with Gasteiger partial charge in [0.05, 0.1) is 24.7 Å². The van der Waals surface area contributed by atoms with Crippen molar-refractivity contribution in [3.05, 3.63) is 23.8 Å². The third-order valence-electron chi connectivity index (χ3n) is 5.54. The Bertz CT molecular complexity index is 891. The van der Waals surface area contributed by atoms with Gasteiger partial charge in [0.25, 0.3) is 0 Å². The van der Waals surface area contributed by atoms with E-state index in [9.17, 15) is 13.2 Å². The summed E-state index contributed by atoms with van der Waals surface area (Å²) in [5.41, 5.74) is 0.733. The van der Waals surface area contributed by atoms with Crippen LogP contribution in [0.2, 0.25) is 0 Å². The molecule has 1 N–H and O–H groups in total. The largest absolute Gasteiger partial charge is 0.493 e. The number of hydrogen-bond acceptors (Lipinski definition) is 7. The van der Waals surface area contributed by atoms with Crippen molar-refractivity contribution in [2.24, 2.45) is 0 Å². The van der Waals surface area contributed by atoms with Gasteiger partial charge in [-0.25, -0.2) is 8.42 Å². The summed E-state index contributed by atoms with van der Waals surface area (Å²) in [5.74, 6) is 1.46. The molecular formula is C20H26N2O6S. The number of likely N-dealkylation sites (tertiary alicyclic amines) is 1. The molecule has 2 unspecified atom stereocenters. The van der Waals surface area contributed by atoms with Gasteiger partial charge in [0.2, 0.25) is 11.7 Å². The monoisotopic (exact) mass is 422 g/mol. The molecule has 0 aliphatic carbocycles. The summed E-state index contributed by atoms with van der Waals surface area (Å²) < 4.78 is 40.8. The molecule has 4 rings (SSSR count). The maximum absolute atomic E-state index is 12.5. The van der Waals surface area contributed by atoms with Gasteiger partial charge in [-0.1, -0.05) is 0 Å². The second-order valence-electron chi connectivity index (χ2n) is 7.58. The van der Waals surface area contributed by atoms with Gasteiger partial charge in [0, 0.05) is 12.1 Å². The van der Waals surface area contributed by atoms with Crippen molar-refractivity contribution in [2.45, 2.75) is 24.9 Å². The minimum atomic E-state index is -3.14. The first-order valence-electron chi connectivity index (χ1n) is 9.86. The van der Waals surface area contributed by atoms with Gasteiger partial charge >= 0.3 is 0 Å². The predicted molar refractivity (Wildman–Crippen MR) is 108 cm³/mol. The van der Waals surface area contributed by atoms with Crippen molar-refractivity contribution in [1.29, 1.82) is 0 Å². The number of benzene rings is 1. The van der Waals surface area contributed by atoms with E-state index in [1.807, 2.05) is 0 Å². The van der Waals surface area contributed by atoms with Crippen LogP contribution in [0.25, 0.3) is 6.08 Å². The molecular weight excluding hydrogens is 396 g/mol. The average Bonchev–Trinajstić information content (AvgIpc) is 3.33. The molecule has 0 aromatic heterocycles. The number of hydrogen-bond donors (Lipinski definition) is 1. The SMILES string of the molecule is COc1cc(/C=C/C(=O)NC2CS(=O)(=O)CC2N2CCCC2)cc2c1OCCO2. The molecule has 2 atom stereocenters. The third kappa shape index (κ3) is 4.51. The van der Waals surface area contributed by atoms with Crippen molar-refractivity contribution in [3.8, 4) is 17.2 Å². The molecule has 1 amide bonds. The van der Waals surface area contributed by atoms with E-state index in [1.54, 1.807) is 25.3 Å². The number of carbonyl (C=O) groups is 1. The molecule has 9 heteroatoms. The van der Waals surface area contributed by atoms with Crippen molar-refractivity contribution >= 4 is 21.8 Å². The molecule has 1 aromatic carbocycles. The Morgan fingerprint density at radius 1 is 1.21 bits per heavy atom. The highest BCUT2D eigenvalue weighted by Gasteiger charge is 2.42. The molecule has 1 aromatic rings. The molecule has 3 aliphatic heterocycles. The van der Waals surface area contributed by atoms with Crippen molar-refractivity contribution in [3.63, 3.8) is 0 Å². The number of rotatable bonds is 5. The summed E-state index contributed by atoms with van der Waals surface area (Å²) in [5, 5.41) is 2.89. The lowest BCUT2D eigenvalue weighted by atomic mass is 10.1. The van der Waals surface area contributed by atoms with Gasteiger partial charge in [-0.15, -0.1) is 0 Å². The van der Waals surface area contributed by atoms with Crippen LogP contribution in [0.4, 0.5) is 0 Å². The average molecular weight is 423 g/mol. The molecule has 2 saturated heterocycles. The summed E-state index contributed by atoms with van der Waals surface area (Å²) in [6.07, 6.45) is 5.22. The van der Waals surface area contributed by atoms with Gasteiger partial charge in [0.1, 0.15) is 13.2 Å². The van der Waals surface area contributed by atoms with Gasteiger partial charge in [-0.3, -0.25) is 9.69 Å². The molecule has 2 fully saturated rings. The van der Waals surface area contributed by atoms with E-state index < -0.39 is 9.84 Å². The van der Waals surface area contributed by atoms with Crippen molar-refractivity contribution in [1.82, 2.24) is 10.2 Å². The van der Waals surface area contributed by atoms with Crippen LogP contribution >= 0.6 is 0 Å². The molecule has 0 spiro atoms. The van der Waals surface area contributed by atoms with Gasteiger partial charge < -0.3 is 19.5 Å². The third-order valence-corrected chi connectivity index (χ3v) is 7.25. The van der Waals surface area contributed by atoms with Crippen LogP contribution in [0.15, 0.2) is 18.2 Å². The van der Waals surface area contributed by atoms with Crippen LogP contribution in [0.1, 0.15) is 18.4 Å². The molecule has 3 aliphatic rings. The number of nitrogens with one attached hydrogen (secondary N) is 1. The zero-order valence-electron chi connectivity index (χ0n) is 16.4. The normalized spacial score (nSPS) is 26.0. The van der Waals surface area contributed by atoms with Gasteiger partial charge in [0.15, 0.2) is 21.3 Å². The molecule has 0 bridgehead atoms. The van der Waals surface area contributed by atoms with E-state index in [0.29, 0.717) is 30.5 Å². The fraction of sp³-hybridized carbons (Fsp3) is 0.550. The number of carbonyl (C=O) groups excluding carboxylic acids is 1. The van der Waals surface area contributed by atoms with Crippen LogP contribution < -0.4 is 19.5 Å². The van der Waals surface area contributed by atoms with E-state index in [-0.39, 0.29) is 29.5 Å². The number of fused-ring (bicyclic) bond motifs is 1. The standard InChI is InChI=1S/C20H26N2O6S/c1-26-17-10-14(11-18-20(17)28-9-8-27-18)4-5-19(23)21-15-12-29(24,25)13-16(15)22-6-2-3-7-22/h4-5,10-11,15-16H,2-3,6-9,12-13H2,1H3,(H,21,23)/b5-4+. The van der Waals surface area contributed by atoms with E-state index >= 15 is 0 Å². The number of amides is 1. The second-order valence-corrected chi connectivity index (χ2v) is 9.74. The summed E-state index contributed by atoms with van der Waals surface area (Å²) in [4.78, 5) is 14.7. The van der Waals surface area contributed by atoms with E-state index in [0.717, 1.165) is 31.5 Å². The van der Waals surface area contributed by atoms with E-state index in [1.165, 1.54) is 6.08 Å². The minimum Gasteiger partial charge on any atom is -0.493 e. The van der Waals surface area contributed by atoms with Gasteiger partial charge in [-0.05, 0) is 49.7 Å². The summed E-state index contributed by atoms with van der Waals surface area (Å²) in [6, 6.07) is 3.03. The summed E-state index contributed by atoms with van der Waals surface area (Å²) in [6.45, 7) is 2.69. The number of nitrogens with zero attached hydrogens (tertiary/aromatic N) is 1. The maximum Gasteiger partial charge on any atom is 0.244 e. The highest BCUT2D eigenvalue weighted by Crippen LogP contribution is 2.40. The predicted octanol–water partition coefficient (Wildman–Crippen LogP) is 0.857. The van der Waals surface area contributed by atoms with Crippen LogP contribution in [0, 0.1) is 0 Å². The topological polar surface area (TPSA) is 94.2 Å². The molecule has 0 saturated carbocycles. The Morgan fingerprint density at radius 3 is 2.72 bits per heavy atom. The van der Waals surface area contributed by atoms with Crippen LogP contribution in [0.5, 0.6) is 17.2 Å². The Labute approximate surface area is 170 Å². The summed E-state index contributed by atoms with van der Waals surface area (Å²) in [7, 11) is -1.59. The Hall–Kier alpha value is -2.26. The number of methoxy groups -OCH3 is 1. The zero-order valence-corrected chi connectivity index (χ0v) is 17.2. The lowest BCUT2D eigenvalue weighted by molar-refractivity contribution is -0.117. The smallest absolute Gasteiger partial charge is 0.244 e. The second kappa shape index (κ2) is 8.23. The fourth-order valence-corrected chi connectivity index (χ4v) is 6.14.